The highest BCUT2D eigenvalue weighted by Crippen LogP contribution is 2.14. The van der Waals surface area contributed by atoms with E-state index in [0.717, 1.165) is 0 Å². The number of nitrogens with zero attached hydrogens (tertiary/aromatic N) is 3. The SMILES string of the molecule is CC(C)n1nccc1NC(=O)c1cccc(Cl)n1. The van der Waals surface area contributed by atoms with Gasteiger partial charge in [0, 0.05) is 12.1 Å². The van der Waals surface area contributed by atoms with Gasteiger partial charge in [-0.15, -0.1) is 0 Å². The second-order valence-corrected chi connectivity index (χ2v) is 4.44. The van der Waals surface area contributed by atoms with Crippen LogP contribution in [-0.4, -0.2) is 20.7 Å². The number of carbonyl (C=O) groups is 1. The molecular formula is C12H13ClN4O. The molecule has 0 atom stereocenters. The fourth-order valence-electron chi connectivity index (χ4n) is 1.54. The number of hydrogen-bond acceptors (Lipinski definition) is 3. The molecule has 5 nitrogen and oxygen atoms in total. The molecule has 2 heterocycles. The topological polar surface area (TPSA) is 59.8 Å². The van der Waals surface area contributed by atoms with Crippen LogP contribution >= 0.6 is 11.6 Å². The Balaban J connectivity index is 2.19. The molecule has 0 aromatic carbocycles. The molecule has 94 valence electrons. The summed E-state index contributed by atoms with van der Waals surface area (Å²) in [7, 11) is 0. The molecule has 0 saturated heterocycles. The number of amides is 1. The van der Waals surface area contributed by atoms with Gasteiger partial charge in [-0.2, -0.15) is 5.10 Å². The average Bonchev–Trinajstić information content (AvgIpc) is 2.77. The van der Waals surface area contributed by atoms with E-state index in [0.29, 0.717) is 11.0 Å². The van der Waals surface area contributed by atoms with Crippen LogP contribution in [0.4, 0.5) is 5.82 Å². The third kappa shape index (κ3) is 2.68. The summed E-state index contributed by atoms with van der Waals surface area (Å²) in [6, 6.07) is 6.82. The summed E-state index contributed by atoms with van der Waals surface area (Å²) >= 11 is 5.74. The van der Waals surface area contributed by atoms with Gasteiger partial charge in [0.15, 0.2) is 0 Å². The molecular weight excluding hydrogens is 252 g/mol. The number of aromatic nitrogens is 3. The zero-order chi connectivity index (χ0) is 13.1. The van der Waals surface area contributed by atoms with Crippen LogP contribution in [0.1, 0.15) is 30.4 Å². The van der Waals surface area contributed by atoms with E-state index in [1.54, 1.807) is 35.1 Å². The van der Waals surface area contributed by atoms with Crippen molar-refractivity contribution in [2.75, 3.05) is 5.32 Å². The molecule has 0 bridgehead atoms. The van der Waals surface area contributed by atoms with Crippen molar-refractivity contribution in [3.05, 3.63) is 41.3 Å². The Morgan fingerprint density at radius 2 is 2.17 bits per heavy atom. The van der Waals surface area contributed by atoms with Crippen molar-refractivity contribution in [1.82, 2.24) is 14.8 Å². The van der Waals surface area contributed by atoms with Crippen molar-refractivity contribution < 1.29 is 4.79 Å². The van der Waals surface area contributed by atoms with E-state index in [1.807, 2.05) is 13.8 Å². The Labute approximate surface area is 110 Å². The lowest BCUT2D eigenvalue weighted by Crippen LogP contribution is -2.17. The van der Waals surface area contributed by atoms with E-state index >= 15 is 0 Å². The third-order valence-corrected chi connectivity index (χ3v) is 2.56. The minimum Gasteiger partial charge on any atom is -0.305 e. The van der Waals surface area contributed by atoms with E-state index in [9.17, 15) is 4.79 Å². The lowest BCUT2D eigenvalue weighted by molar-refractivity contribution is 0.102. The number of pyridine rings is 1. The molecule has 2 rings (SSSR count). The van der Waals surface area contributed by atoms with E-state index in [-0.39, 0.29) is 17.6 Å². The van der Waals surface area contributed by atoms with E-state index in [2.05, 4.69) is 15.4 Å². The minimum atomic E-state index is -0.306. The zero-order valence-electron chi connectivity index (χ0n) is 10.1. The Hall–Kier alpha value is -1.88. The highest BCUT2D eigenvalue weighted by Gasteiger charge is 2.12. The molecule has 1 amide bonds. The molecule has 0 aliphatic heterocycles. The predicted octanol–water partition coefficient (Wildman–Crippen LogP) is 2.76. The fourth-order valence-corrected chi connectivity index (χ4v) is 1.70. The summed E-state index contributed by atoms with van der Waals surface area (Å²) in [5.41, 5.74) is 0.277. The normalized spacial score (nSPS) is 10.7. The Morgan fingerprint density at radius 1 is 1.39 bits per heavy atom. The summed E-state index contributed by atoms with van der Waals surface area (Å²) in [4.78, 5) is 15.9. The number of carbonyl (C=O) groups excluding carboxylic acids is 1. The molecule has 2 aromatic rings. The largest absolute Gasteiger partial charge is 0.305 e. The molecule has 0 fully saturated rings. The Bertz CT molecular complexity index is 565. The summed E-state index contributed by atoms with van der Waals surface area (Å²) in [5, 5.41) is 7.18. The smallest absolute Gasteiger partial charge is 0.275 e. The van der Waals surface area contributed by atoms with Crippen molar-refractivity contribution in [3.8, 4) is 0 Å². The van der Waals surface area contributed by atoms with E-state index in [4.69, 9.17) is 11.6 Å². The highest BCUT2D eigenvalue weighted by atomic mass is 35.5. The molecule has 2 aromatic heterocycles. The van der Waals surface area contributed by atoms with E-state index in [1.165, 1.54) is 0 Å². The third-order valence-electron chi connectivity index (χ3n) is 2.35. The summed E-state index contributed by atoms with van der Waals surface area (Å²) < 4.78 is 1.72. The molecule has 0 spiro atoms. The van der Waals surface area contributed by atoms with Crippen LogP contribution in [0.2, 0.25) is 5.15 Å². The van der Waals surface area contributed by atoms with Gasteiger partial charge < -0.3 is 5.32 Å². The van der Waals surface area contributed by atoms with Gasteiger partial charge in [-0.05, 0) is 26.0 Å². The van der Waals surface area contributed by atoms with E-state index < -0.39 is 0 Å². The van der Waals surface area contributed by atoms with Crippen molar-refractivity contribution in [3.63, 3.8) is 0 Å². The maximum Gasteiger partial charge on any atom is 0.275 e. The first-order valence-corrected chi connectivity index (χ1v) is 5.93. The summed E-state index contributed by atoms with van der Waals surface area (Å²) in [6.45, 7) is 3.97. The van der Waals surface area contributed by atoms with Crippen molar-refractivity contribution in [1.29, 1.82) is 0 Å². The van der Waals surface area contributed by atoms with Crippen molar-refractivity contribution >= 4 is 23.3 Å². The van der Waals surface area contributed by atoms with Gasteiger partial charge in [-0.1, -0.05) is 17.7 Å². The molecule has 0 aliphatic carbocycles. The average molecular weight is 265 g/mol. The molecule has 18 heavy (non-hydrogen) atoms. The summed E-state index contributed by atoms with van der Waals surface area (Å²) in [5.74, 6) is 0.330. The summed E-state index contributed by atoms with van der Waals surface area (Å²) in [6.07, 6.45) is 1.64. The molecule has 1 N–H and O–H groups in total. The number of hydrogen-bond donors (Lipinski definition) is 1. The molecule has 0 aliphatic rings. The molecule has 0 unspecified atom stereocenters. The van der Waals surface area contributed by atoms with Gasteiger partial charge >= 0.3 is 0 Å². The predicted molar refractivity (Wildman–Crippen MR) is 69.8 cm³/mol. The first-order valence-electron chi connectivity index (χ1n) is 5.55. The van der Waals surface area contributed by atoms with Crippen LogP contribution in [0.5, 0.6) is 0 Å². The van der Waals surface area contributed by atoms with Gasteiger partial charge in [0.25, 0.3) is 5.91 Å². The first kappa shape index (κ1) is 12.6. The Kier molecular flexibility index (Phi) is 3.62. The van der Waals surface area contributed by atoms with Crippen molar-refractivity contribution in [2.45, 2.75) is 19.9 Å². The maximum atomic E-state index is 12.0. The van der Waals surface area contributed by atoms with Gasteiger partial charge in [-0.25, -0.2) is 9.67 Å². The number of rotatable bonds is 3. The van der Waals surface area contributed by atoms with Crippen LogP contribution in [0, 0.1) is 0 Å². The van der Waals surface area contributed by atoms with Gasteiger partial charge in [0.05, 0.1) is 6.20 Å². The second kappa shape index (κ2) is 5.18. The van der Waals surface area contributed by atoms with Crippen LogP contribution < -0.4 is 5.32 Å². The van der Waals surface area contributed by atoms with Crippen LogP contribution in [0.25, 0.3) is 0 Å². The standard InChI is InChI=1S/C12H13ClN4O/c1-8(2)17-11(6-7-14-17)16-12(18)9-4-3-5-10(13)15-9/h3-8H,1-2H3,(H,16,18). The quantitative estimate of drug-likeness (QED) is 0.867. The monoisotopic (exact) mass is 264 g/mol. The number of nitrogens with one attached hydrogen (secondary N) is 1. The van der Waals surface area contributed by atoms with Crippen LogP contribution in [-0.2, 0) is 0 Å². The molecule has 0 radical (unpaired) electrons. The number of halogens is 1. The molecule has 6 heteroatoms. The van der Waals surface area contributed by atoms with Gasteiger partial charge in [-0.3, -0.25) is 4.79 Å². The second-order valence-electron chi connectivity index (χ2n) is 4.05. The lowest BCUT2D eigenvalue weighted by atomic mass is 10.3. The fraction of sp³-hybridized carbons (Fsp3) is 0.250. The maximum absolute atomic E-state index is 12.0. The van der Waals surface area contributed by atoms with Crippen LogP contribution in [0.15, 0.2) is 30.5 Å². The zero-order valence-corrected chi connectivity index (χ0v) is 10.8. The van der Waals surface area contributed by atoms with Gasteiger partial charge in [0.1, 0.15) is 16.7 Å². The van der Waals surface area contributed by atoms with Gasteiger partial charge in [0.2, 0.25) is 0 Å². The minimum absolute atomic E-state index is 0.169. The molecule has 0 saturated carbocycles. The van der Waals surface area contributed by atoms with Crippen LogP contribution in [0.3, 0.4) is 0 Å². The first-order chi connectivity index (χ1) is 8.58. The number of anilines is 1. The Morgan fingerprint density at radius 3 is 2.83 bits per heavy atom. The van der Waals surface area contributed by atoms with Crippen molar-refractivity contribution in [2.24, 2.45) is 0 Å². The highest BCUT2D eigenvalue weighted by molar-refractivity contribution is 6.29. The lowest BCUT2D eigenvalue weighted by Gasteiger charge is -2.11.